The lowest BCUT2D eigenvalue weighted by Gasteiger charge is -2.28. The summed E-state index contributed by atoms with van der Waals surface area (Å²) in [5.41, 5.74) is 2.77. The van der Waals surface area contributed by atoms with Gasteiger partial charge in [0.25, 0.3) is 0 Å². The molecule has 0 aliphatic carbocycles. The Morgan fingerprint density at radius 1 is 1.05 bits per heavy atom. The van der Waals surface area contributed by atoms with Crippen molar-refractivity contribution in [3.63, 3.8) is 0 Å². The van der Waals surface area contributed by atoms with Crippen LogP contribution in [0, 0.1) is 10.7 Å². The highest BCUT2D eigenvalue weighted by atomic mass is 32.2. The van der Waals surface area contributed by atoms with E-state index in [1.807, 2.05) is 12.1 Å². The number of nitriles is 1. The van der Waals surface area contributed by atoms with Gasteiger partial charge in [0.2, 0.25) is 0 Å². The second-order valence-electron chi connectivity index (χ2n) is 6.92. The molecule has 0 unspecified atom stereocenters. The van der Waals surface area contributed by atoms with Crippen molar-refractivity contribution in [3.05, 3.63) is 28.8 Å². The first-order valence-electron chi connectivity index (χ1n) is 6.45. The summed E-state index contributed by atoms with van der Waals surface area (Å²) in [5, 5.41) is 21.3. The molecule has 0 atom stereocenters. The standard InChI is InChI=1S/C16H23NOS/c1-15(2,3)12-7-11(9-19-10-17)8-13(14(12)18)16(4,5)6/h7-8,18H,9H2,1-6H3. The lowest BCUT2D eigenvalue weighted by Crippen LogP contribution is -2.17. The number of rotatable bonds is 2. The number of thioether (sulfide) groups is 1. The molecule has 104 valence electrons. The Kier molecular flexibility index (Phi) is 4.58. The average molecular weight is 277 g/mol. The maximum absolute atomic E-state index is 10.5. The summed E-state index contributed by atoms with van der Waals surface area (Å²) < 4.78 is 0. The SMILES string of the molecule is CC(C)(C)c1cc(CSC#N)cc(C(C)(C)C)c1O. The van der Waals surface area contributed by atoms with E-state index < -0.39 is 0 Å². The van der Waals surface area contributed by atoms with Crippen LogP contribution in [0.2, 0.25) is 0 Å². The number of nitrogens with zero attached hydrogens (tertiary/aromatic N) is 1. The van der Waals surface area contributed by atoms with Crippen molar-refractivity contribution in [1.82, 2.24) is 0 Å². The Balaban J connectivity index is 3.44. The fourth-order valence-corrected chi connectivity index (χ4v) is 2.43. The number of thiocyanates is 1. The normalized spacial score (nSPS) is 12.3. The molecule has 0 heterocycles. The zero-order chi connectivity index (χ0) is 14.8. The summed E-state index contributed by atoms with van der Waals surface area (Å²) in [6, 6.07) is 4.05. The Bertz CT molecular complexity index is 466. The van der Waals surface area contributed by atoms with Gasteiger partial charge in [-0.15, -0.1) is 0 Å². The van der Waals surface area contributed by atoms with Crippen molar-refractivity contribution in [1.29, 1.82) is 5.26 Å². The molecule has 19 heavy (non-hydrogen) atoms. The van der Waals surface area contributed by atoms with Crippen LogP contribution in [-0.2, 0) is 16.6 Å². The first-order valence-corrected chi connectivity index (χ1v) is 7.43. The summed E-state index contributed by atoms with van der Waals surface area (Å²) >= 11 is 1.23. The molecule has 0 spiro atoms. The van der Waals surface area contributed by atoms with Crippen LogP contribution in [0.3, 0.4) is 0 Å². The maximum atomic E-state index is 10.5. The van der Waals surface area contributed by atoms with E-state index in [9.17, 15) is 5.11 Å². The largest absolute Gasteiger partial charge is 0.507 e. The minimum atomic E-state index is -0.114. The topological polar surface area (TPSA) is 44.0 Å². The Hall–Kier alpha value is -1.14. The molecule has 0 radical (unpaired) electrons. The predicted octanol–water partition coefficient (Wildman–Crippen LogP) is 4.70. The van der Waals surface area contributed by atoms with E-state index in [1.54, 1.807) is 0 Å². The molecule has 0 saturated heterocycles. The minimum Gasteiger partial charge on any atom is -0.507 e. The molecule has 0 fully saturated rings. The van der Waals surface area contributed by atoms with Gasteiger partial charge in [0.15, 0.2) is 0 Å². The number of hydrogen-bond acceptors (Lipinski definition) is 3. The van der Waals surface area contributed by atoms with E-state index in [2.05, 4.69) is 46.9 Å². The number of phenols is 1. The molecule has 3 heteroatoms. The average Bonchev–Trinajstić information content (AvgIpc) is 2.24. The van der Waals surface area contributed by atoms with Crippen molar-refractivity contribution >= 4 is 11.8 Å². The Labute approximate surface area is 120 Å². The highest BCUT2D eigenvalue weighted by Gasteiger charge is 2.26. The molecule has 1 aromatic carbocycles. The molecule has 0 aromatic heterocycles. The first-order chi connectivity index (χ1) is 8.57. The van der Waals surface area contributed by atoms with Crippen LogP contribution >= 0.6 is 11.8 Å². The van der Waals surface area contributed by atoms with Crippen LogP contribution in [0.15, 0.2) is 12.1 Å². The van der Waals surface area contributed by atoms with Gasteiger partial charge in [-0.05, 0) is 39.3 Å². The summed E-state index contributed by atoms with van der Waals surface area (Å²) in [5.74, 6) is 1.05. The molecule has 1 N–H and O–H groups in total. The van der Waals surface area contributed by atoms with E-state index in [-0.39, 0.29) is 10.8 Å². The van der Waals surface area contributed by atoms with Gasteiger partial charge in [-0.3, -0.25) is 0 Å². The van der Waals surface area contributed by atoms with Crippen molar-refractivity contribution in [3.8, 4) is 11.2 Å². The van der Waals surface area contributed by atoms with E-state index in [1.165, 1.54) is 11.8 Å². The number of benzene rings is 1. The third-order valence-electron chi connectivity index (χ3n) is 3.09. The summed E-state index contributed by atoms with van der Waals surface area (Å²) in [6.45, 7) is 12.6. The first kappa shape index (κ1) is 15.9. The van der Waals surface area contributed by atoms with Crippen molar-refractivity contribution < 1.29 is 5.11 Å². The highest BCUT2D eigenvalue weighted by molar-refractivity contribution is 8.02. The fraction of sp³-hybridized carbons (Fsp3) is 0.562. The van der Waals surface area contributed by atoms with E-state index in [0.29, 0.717) is 11.5 Å². The van der Waals surface area contributed by atoms with Gasteiger partial charge in [-0.1, -0.05) is 53.7 Å². The summed E-state index contributed by atoms with van der Waals surface area (Å²) in [6.07, 6.45) is 0. The second kappa shape index (κ2) is 5.46. The van der Waals surface area contributed by atoms with Crippen LogP contribution < -0.4 is 0 Å². The predicted molar refractivity (Wildman–Crippen MR) is 82.4 cm³/mol. The molecule has 0 bridgehead atoms. The van der Waals surface area contributed by atoms with Gasteiger partial charge in [-0.2, -0.15) is 5.26 Å². The lowest BCUT2D eigenvalue weighted by atomic mass is 9.78. The van der Waals surface area contributed by atoms with Crippen LogP contribution in [-0.4, -0.2) is 5.11 Å². The van der Waals surface area contributed by atoms with Gasteiger partial charge in [0.1, 0.15) is 11.2 Å². The van der Waals surface area contributed by atoms with E-state index >= 15 is 0 Å². The zero-order valence-corrected chi connectivity index (χ0v) is 13.5. The molecule has 0 aliphatic rings. The lowest BCUT2D eigenvalue weighted by molar-refractivity contribution is 0.423. The number of hydrogen-bond donors (Lipinski definition) is 1. The molecule has 0 amide bonds. The molecule has 1 aromatic rings. The van der Waals surface area contributed by atoms with Gasteiger partial charge in [0, 0.05) is 5.75 Å². The van der Waals surface area contributed by atoms with Crippen molar-refractivity contribution in [2.24, 2.45) is 0 Å². The van der Waals surface area contributed by atoms with E-state index in [0.717, 1.165) is 16.7 Å². The molecule has 1 rings (SSSR count). The third kappa shape index (κ3) is 3.91. The number of phenolic OH excluding ortho intramolecular Hbond substituents is 1. The molecular formula is C16H23NOS. The van der Waals surface area contributed by atoms with Crippen LogP contribution in [0.4, 0.5) is 0 Å². The quantitative estimate of drug-likeness (QED) is 0.797. The van der Waals surface area contributed by atoms with Gasteiger partial charge >= 0.3 is 0 Å². The van der Waals surface area contributed by atoms with Crippen LogP contribution in [0.1, 0.15) is 58.2 Å². The second-order valence-corrected chi connectivity index (χ2v) is 7.68. The smallest absolute Gasteiger partial charge is 0.133 e. The minimum absolute atomic E-state index is 0.114. The van der Waals surface area contributed by atoms with E-state index in [4.69, 9.17) is 5.26 Å². The van der Waals surface area contributed by atoms with Gasteiger partial charge in [-0.25, -0.2) is 0 Å². The van der Waals surface area contributed by atoms with Crippen LogP contribution in [0.25, 0.3) is 0 Å². The molecule has 2 nitrogen and oxygen atoms in total. The Morgan fingerprint density at radius 3 is 1.79 bits per heavy atom. The monoisotopic (exact) mass is 277 g/mol. The number of aromatic hydroxyl groups is 1. The third-order valence-corrected chi connectivity index (χ3v) is 3.70. The van der Waals surface area contributed by atoms with Crippen LogP contribution in [0.5, 0.6) is 5.75 Å². The summed E-state index contributed by atoms with van der Waals surface area (Å²) in [4.78, 5) is 0. The van der Waals surface area contributed by atoms with Crippen molar-refractivity contribution in [2.75, 3.05) is 0 Å². The fourth-order valence-electron chi connectivity index (χ4n) is 2.04. The Morgan fingerprint density at radius 2 is 1.47 bits per heavy atom. The molecule has 0 aliphatic heterocycles. The van der Waals surface area contributed by atoms with Gasteiger partial charge < -0.3 is 5.11 Å². The van der Waals surface area contributed by atoms with Gasteiger partial charge in [0.05, 0.1) is 0 Å². The maximum Gasteiger partial charge on any atom is 0.133 e. The summed E-state index contributed by atoms with van der Waals surface area (Å²) in [7, 11) is 0. The molecular weight excluding hydrogens is 254 g/mol. The zero-order valence-electron chi connectivity index (χ0n) is 12.7. The van der Waals surface area contributed by atoms with Crippen molar-refractivity contribution in [2.45, 2.75) is 58.1 Å². The molecule has 0 saturated carbocycles. The highest BCUT2D eigenvalue weighted by Crippen LogP contribution is 2.40.